The van der Waals surface area contributed by atoms with Gasteiger partial charge in [0.1, 0.15) is 0 Å². The highest BCUT2D eigenvalue weighted by molar-refractivity contribution is 5.00. The van der Waals surface area contributed by atoms with Crippen molar-refractivity contribution in [3.8, 4) is 0 Å². The molecule has 0 fully saturated rings. The van der Waals surface area contributed by atoms with Gasteiger partial charge in [-0.15, -0.1) is 5.10 Å². The van der Waals surface area contributed by atoms with E-state index >= 15 is 0 Å². The fourth-order valence-corrected chi connectivity index (χ4v) is 0.334. The topological polar surface area (TPSA) is 28.7 Å². The third-order valence-corrected chi connectivity index (χ3v) is 0.769. The van der Waals surface area contributed by atoms with Crippen LogP contribution in [0.4, 0.5) is 4.39 Å². The summed E-state index contributed by atoms with van der Waals surface area (Å²) in [6, 6.07) is 0. The summed E-state index contributed by atoms with van der Waals surface area (Å²) in [5.41, 5.74) is 0.556. The summed E-state index contributed by atoms with van der Waals surface area (Å²) >= 11 is 0. The SMILES string of the molecule is Cc1c[nH]nc1F. The number of hydrogen-bond donors (Lipinski definition) is 1. The molecule has 7 heavy (non-hydrogen) atoms. The molecule has 0 saturated carbocycles. The lowest BCUT2D eigenvalue weighted by Gasteiger charge is -1.72. The average Bonchev–Trinajstić information content (AvgIpc) is 1.91. The Morgan fingerprint density at radius 2 is 2.57 bits per heavy atom. The lowest BCUT2D eigenvalue weighted by atomic mass is 10.4. The number of rotatable bonds is 0. The molecule has 38 valence electrons. The van der Waals surface area contributed by atoms with Gasteiger partial charge in [0.15, 0.2) is 0 Å². The van der Waals surface area contributed by atoms with Gasteiger partial charge in [0.05, 0.1) is 0 Å². The van der Waals surface area contributed by atoms with Crippen LogP contribution in [0.1, 0.15) is 5.56 Å². The van der Waals surface area contributed by atoms with Crippen molar-refractivity contribution in [2.45, 2.75) is 6.92 Å². The van der Waals surface area contributed by atoms with Crippen molar-refractivity contribution < 1.29 is 4.39 Å². The van der Waals surface area contributed by atoms with Crippen molar-refractivity contribution >= 4 is 0 Å². The molecule has 0 aliphatic heterocycles. The summed E-state index contributed by atoms with van der Waals surface area (Å²) in [6.07, 6.45) is 1.51. The van der Waals surface area contributed by atoms with E-state index in [1.54, 1.807) is 6.92 Å². The number of nitrogens with zero attached hydrogens (tertiary/aromatic N) is 1. The number of halogens is 1. The maximum Gasteiger partial charge on any atom is 0.235 e. The Hall–Kier alpha value is -0.860. The molecule has 1 heterocycles. The molecule has 0 amide bonds. The van der Waals surface area contributed by atoms with Crippen LogP contribution in [0, 0.1) is 12.9 Å². The first-order valence-electron chi connectivity index (χ1n) is 1.96. The molecule has 2 nitrogen and oxygen atoms in total. The molecule has 0 saturated heterocycles. The van der Waals surface area contributed by atoms with Gasteiger partial charge in [-0.2, -0.15) is 4.39 Å². The van der Waals surface area contributed by atoms with E-state index in [1.165, 1.54) is 6.20 Å². The molecular formula is C4H5FN2. The standard InChI is InChI=1S/C4H5FN2/c1-3-2-6-7-4(3)5/h2H,1H3,(H,6,7). The van der Waals surface area contributed by atoms with Gasteiger partial charge in [-0.1, -0.05) is 0 Å². The number of aromatic amines is 1. The van der Waals surface area contributed by atoms with Crippen LogP contribution >= 0.6 is 0 Å². The minimum Gasteiger partial charge on any atom is -0.283 e. The van der Waals surface area contributed by atoms with Crippen LogP contribution in [0.2, 0.25) is 0 Å². The van der Waals surface area contributed by atoms with Crippen LogP contribution < -0.4 is 0 Å². The van der Waals surface area contributed by atoms with Crippen molar-refractivity contribution in [3.63, 3.8) is 0 Å². The number of hydrogen-bond acceptors (Lipinski definition) is 1. The smallest absolute Gasteiger partial charge is 0.235 e. The molecule has 0 unspecified atom stereocenters. The zero-order valence-electron chi connectivity index (χ0n) is 3.90. The first-order chi connectivity index (χ1) is 3.30. The zero-order valence-corrected chi connectivity index (χ0v) is 3.90. The van der Waals surface area contributed by atoms with Gasteiger partial charge in [0, 0.05) is 11.8 Å². The summed E-state index contributed by atoms with van der Waals surface area (Å²) in [7, 11) is 0. The Morgan fingerprint density at radius 1 is 1.86 bits per heavy atom. The zero-order chi connectivity index (χ0) is 5.28. The van der Waals surface area contributed by atoms with Crippen LogP contribution in [0.5, 0.6) is 0 Å². The molecule has 0 spiro atoms. The van der Waals surface area contributed by atoms with E-state index in [9.17, 15) is 4.39 Å². The molecule has 0 aromatic carbocycles. The number of aryl methyl sites for hydroxylation is 1. The second-order valence-corrected chi connectivity index (χ2v) is 1.36. The van der Waals surface area contributed by atoms with E-state index < -0.39 is 5.95 Å². The van der Waals surface area contributed by atoms with Gasteiger partial charge in [0.25, 0.3) is 0 Å². The quantitative estimate of drug-likeness (QED) is 0.514. The van der Waals surface area contributed by atoms with E-state index in [1.807, 2.05) is 0 Å². The summed E-state index contributed by atoms with van der Waals surface area (Å²) in [4.78, 5) is 0. The predicted octanol–water partition coefficient (Wildman–Crippen LogP) is 0.857. The summed E-state index contributed by atoms with van der Waals surface area (Å²) in [5, 5.41) is 5.60. The van der Waals surface area contributed by atoms with Gasteiger partial charge in [-0.3, -0.25) is 5.10 Å². The largest absolute Gasteiger partial charge is 0.283 e. The van der Waals surface area contributed by atoms with E-state index in [4.69, 9.17) is 0 Å². The maximum absolute atomic E-state index is 11.9. The lowest BCUT2D eigenvalue weighted by Crippen LogP contribution is -1.72. The van der Waals surface area contributed by atoms with Gasteiger partial charge in [-0.05, 0) is 6.92 Å². The molecule has 1 aromatic heterocycles. The highest BCUT2D eigenvalue weighted by Crippen LogP contribution is 1.95. The highest BCUT2D eigenvalue weighted by Gasteiger charge is 1.93. The molecule has 1 N–H and O–H groups in total. The van der Waals surface area contributed by atoms with Crippen molar-refractivity contribution in [2.24, 2.45) is 0 Å². The first kappa shape index (κ1) is 4.30. The highest BCUT2D eigenvalue weighted by atomic mass is 19.1. The van der Waals surface area contributed by atoms with Crippen molar-refractivity contribution in [1.82, 2.24) is 10.2 Å². The van der Waals surface area contributed by atoms with E-state index in [0.717, 1.165) is 0 Å². The second kappa shape index (κ2) is 1.33. The van der Waals surface area contributed by atoms with Crippen molar-refractivity contribution in [1.29, 1.82) is 0 Å². The van der Waals surface area contributed by atoms with Crippen LogP contribution in [0.15, 0.2) is 6.20 Å². The second-order valence-electron chi connectivity index (χ2n) is 1.36. The summed E-state index contributed by atoms with van der Waals surface area (Å²) in [6.45, 7) is 1.65. The number of H-pyrrole nitrogens is 1. The molecule has 0 atom stereocenters. The third kappa shape index (κ3) is 0.607. The molecule has 1 aromatic rings. The Kier molecular flexibility index (Phi) is 0.817. The van der Waals surface area contributed by atoms with Crippen LogP contribution in [-0.2, 0) is 0 Å². The summed E-state index contributed by atoms with van der Waals surface area (Å²) < 4.78 is 11.9. The molecule has 0 radical (unpaired) electrons. The minimum atomic E-state index is -0.417. The van der Waals surface area contributed by atoms with Crippen LogP contribution in [0.3, 0.4) is 0 Å². The summed E-state index contributed by atoms with van der Waals surface area (Å²) in [5.74, 6) is -0.417. The van der Waals surface area contributed by atoms with Crippen molar-refractivity contribution in [3.05, 3.63) is 17.7 Å². The molecule has 0 aliphatic carbocycles. The Labute approximate surface area is 40.4 Å². The maximum atomic E-state index is 11.9. The molecule has 3 heteroatoms. The normalized spacial score (nSPS) is 9.43. The lowest BCUT2D eigenvalue weighted by molar-refractivity contribution is 0.572. The number of nitrogens with one attached hydrogen (secondary N) is 1. The van der Waals surface area contributed by atoms with E-state index in [0.29, 0.717) is 5.56 Å². The minimum absolute atomic E-state index is 0.417. The predicted molar refractivity (Wildman–Crippen MR) is 23.3 cm³/mol. The molecule has 0 aliphatic rings. The van der Waals surface area contributed by atoms with Gasteiger partial charge in [-0.25, -0.2) is 0 Å². The fraction of sp³-hybridized carbons (Fsp3) is 0.250. The Bertz CT molecular complexity index is 142. The Balaban J connectivity index is 3.12. The van der Waals surface area contributed by atoms with E-state index in [-0.39, 0.29) is 0 Å². The van der Waals surface area contributed by atoms with E-state index in [2.05, 4.69) is 10.2 Å². The first-order valence-corrected chi connectivity index (χ1v) is 1.96. The van der Waals surface area contributed by atoms with Crippen molar-refractivity contribution in [2.75, 3.05) is 0 Å². The molecule has 0 bridgehead atoms. The molecular weight excluding hydrogens is 95.1 g/mol. The molecule has 1 rings (SSSR count). The van der Waals surface area contributed by atoms with Crippen LogP contribution in [-0.4, -0.2) is 10.2 Å². The fourth-order valence-electron chi connectivity index (χ4n) is 0.334. The average molecular weight is 100 g/mol. The number of aromatic nitrogens is 2. The monoisotopic (exact) mass is 100 g/mol. The third-order valence-electron chi connectivity index (χ3n) is 0.769. The van der Waals surface area contributed by atoms with Gasteiger partial charge in [0.2, 0.25) is 5.95 Å². The van der Waals surface area contributed by atoms with Crippen LogP contribution in [0.25, 0.3) is 0 Å². The van der Waals surface area contributed by atoms with Gasteiger partial charge >= 0.3 is 0 Å². The Morgan fingerprint density at radius 3 is 2.71 bits per heavy atom. The van der Waals surface area contributed by atoms with Gasteiger partial charge < -0.3 is 0 Å².